The number of benzene rings is 2. The lowest BCUT2D eigenvalue weighted by molar-refractivity contribution is -0.152. The van der Waals surface area contributed by atoms with E-state index in [1.807, 2.05) is 0 Å². The molecule has 2 fully saturated rings. The minimum atomic E-state index is -3.40. The second kappa shape index (κ2) is 11.2. The molecule has 214 valence electrons. The van der Waals surface area contributed by atoms with E-state index in [-0.39, 0.29) is 28.2 Å². The molecule has 0 bridgehead atoms. The Bertz CT molecular complexity index is 1470. The SMILES string of the molecule is Cc1cc(-c2cccc(S(C)(=O)=O)c2)c(Cl)cc1C1=C(O)C2(CCN(C(=O)CCCC3CCCO3)CC2)OC1=O. The Kier molecular flexibility index (Phi) is 8.01. The van der Waals surface area contributed by atoms with Crippen molar-refractivity contribution < 1.29 is 32.6 Å². The van der Waals surface area contributed by atoms with Crippen LogP contribution in [0.2, 0.25) is 5.02 Å². The zero-order chi connectivity index (χ0) is 28.7. The molecule has 1 N–H and O–H groups in total. The summed E-state index contributed by atoms with van der Waals surface area (Å²) in [7, 11) is -3.40. The predicted octanol–water partition coefficient (Wildman–Crippen LogP) is 5.26. The minimum absolute atomic E-state index is 0.0685. The molecule has 0 radical (unpaired) electrons. The number of aliphatic hydroxyl groups excluding tert-OH is 1. The summed E-state index contributed by atoms with van der Waals surface area (Å²) in [5, 5.41) is 11.6. The summed E-state index contributed by atoms with van der Waals surface area (Å²) in [6.07, 6.45) is 6.30. The molecular formula is C30H34ClNO7S. The summed E-state index contributed by atoms with van der Waals surface area (Å²) in [6.45, 7) is 3.38. The van der Waals surface area contributed by atoms with Gasteiger partial charge in [-0.2, -0.15) is 0 Å². The first-order valence-corrected chi connectivity index (χ1v) is 15.9. The number of nitrogens with zero attached hydrogens (tertiary/aromatic N) is 1. The van der Waals surface area contributed by atoms with Crippen LogP contribution in [-0.4, -0.2) is 68.0 Å². The highest BCUT2D eigenvalue weighted by Gasteiger charge is 2.51. The van der Waals surface area contributed by atoms with E-state index in [9.17, 15) is 23.1 Å². The van der Waals surface area contributed by atoms with Crippen molar-refractivity contribution in [2.45, 2.75) is 68.5 Å². The smallest absolute Gasteiger partial charge is 0.343 e. The van der Waals surface area contributed by atoms with Crippen LogP contribution in [0.3, 0.4) is 0 Å². The number of esters is 1. The lowest BCUT2D eigenvalue weighted by Gasteiger charge is -2.38. The molecule has 5 rings (SSSR count). The fourth-order valence-corrected chi connectivity index (χ4v) is 6.81. The topological polar surface area (TPSA) is 110 Å². The van der Waals surface area contributed by atoms with Crippen molar-refractivity contribution in [1.82, 2.24) is 4.90 Å². The molecule has 10 heteroatoms. The van der Waals surface area contributed by atoms with Crippen LogP contribution in [0.1, 0.15) is 56.1 Å². The number of carbonyl (C=O) groups is 2. The monoisotopic (exact) mass is 587 g/mol. The van der Waals surface area contributed by atoms with E-state index >= 15 is 0 Å². The van der Waals surface area contributed by atoms with Crippen LogP contribution in [0.25, 0.3) is 16.7 Å². The number of hydrogen-bond donors (Lipinski definition) is 1. The van der Waals surface area contributed by atoms with Gasteiger partial charge in [0.15, 0.2) is 21.2 Å². The van der Waals surface area contributed by atoms with Gasteiger partial charge in [0.1, 0.15) is 5.57 Å². The van der Waals surface area contributed by atoms with E-state index in [1.54, 1.807) is 42.2 Å². The Labute approximate surface area is 239 Å². The lowest BCUT2D eigenvalue weighted by atomic mass is 9.86. The number of amides is 1. The molecule has 2 aromatic carbocycles. The van der Waals surface area contributed by atoms with Gasteiger partial charge in [-0.15, -0.1) is 0 Å². The second-order valence-corrected chi connectivity index (χ2v) is 13.4. The lowest BCUT2D eigenvalue weighted by Crippen LogP contribution is -2.48. The van der Waals surface area contributed by atoms with Gasteiger partial charge in [0.2, 0.25) is 5.91 Å². The van der Waals surface area contributed by atoms with Crippen molar-refractivity contribution in [3.05, 3.63) is 58.3 Å². The largest absolute Gasteiger partial charge is 0.507 e. The Balaban J connectivity index is 1.32. The maximum absolute atomic E-state index is 13.1. The van der Waals surface area contributed by atoms with Crippen LogP contribution in [0.5, 0.6) is 0 Å². The number of likely N-dealkylation sites (tertiary alicyclic amines) is 1. The normalized spacial score (nSPS) is 20.8. The second-order valence-electron chi connectivity index (χ2n) is 11.0. The van der Waals surface area contributed by atoms with Gasteiger partial charge in [-0.05, 0) is 73.6 Å². The van der Waals surface area contributed by atoms with Gasteiger partial charge >= 0.3 is 5.97 Å². The molecule has 0 saturated carbocycles. The zero-order valence-corrected chi connectivity index (χ0v) is 24.3. The molecular weight excluding hydrogens is 554 g/mol. The molecule has 0 aliphatic carbocycles. The quantitative estimate of drug-likeness (QED) is 0.440. The predicted molar refractivity (Wildman–Crippen MR) is 152 cm³/mol. The summed E-state index contributed by atoms with van der Waals surface area (Å²) < 4.78 is 35.5. The molecule has 0 aromatic heterocycles. The van der Waals surface area contributed by atoms with Crippen LogP contribution in [-0.2, 0) is 28.9 Å². The number of carbonyl (C=O) groups excluding carboxylic acids is 2. The van der Waals surface area contributed by atoms with Gasteiger partial charge in [-0.3, -0.25) is 4.79 Å². The van der Waals surface area contributed by atoms with Crippen molar-refractivity contribution >= 4 is 38.9 Å². The molecule has 8 nitrogen and oxygen atoms in total. The maximum Gasteiger partial charge on any atom is 0.343 e. The molecule has 1 unspecified atom stereocenters. The van der Waals surface area contributed by atoms with E-state index in [1.165, 1.54) is 6.07 Å². The highest BCUT2D eigenvalue weighted by molar-refractivity contribution is 7.90. The van der Waals surface area contributed by atoms with Crippen LogP contribution in [0, 0.1) is 6.92 Å². The summed E-state index contributed by atoms with van der Waals surface area (Å²) in [4.78, 5) is 27.8. The van der Waals surface area contributed by atoms with Gasteiger partial charge < -0.3 is 19.5 Å². The van der Waals surface area contributed by atoms with Crippen LogP contribution in [0.15, 0.2) is 47.1 Å². The van der Waals surface area contributed by atoms with Crippen LogP contribution < -0.4 is 0 Å². The van der Waals surface area contributed by atoms with E-state index in [0.717, 1.165) is 38.5 Å². The average molecular weight is 588 g/mol. The van der Waals surface area contributed by atoms with E-state index in [4.69, 9.17) is 21.1 Å². The van der Waals surface area contributed by atoms with E-state index < -0.39 is 21.4 Å². The maximum atomic E-state index is 13.1. The van der Waals surface area contributed by atoms with Crippen molar-refractivity contribution in [2.75, 3.05) is 26.0 Å². The molecule has 1 spiro atoms. The van der Waals surface area contributed by atoms with Gasteiger partial charge in [0, 0.05) is 55.8 Å². The average Bonchev–Trinajstić information content (AvgIpc) is 3.51. The number of sulfone groups is 1. The van der Waals surface area contributed by atoms with Crippen LogP contribution in [0.4, 0.5) is 0 Å². The number of aliphatic hydroxyl groups is 1. The van der Waals surface area contributed by atoms with Crippen molar-refractivity contribution in [3.63, 3.8) is 0 Å². The van der Waals surface area contributed by atoms with Gasteiger partial charge in [-0.25, -0.2) is 13.2 Å². The fraction of sp³-hybridized carbons (Fsp3) is 0.467. The number of hydrogen-bond acceptors (Lipinski definition) is 7. The van der Waals surface area contributed by atoms with Crippen LogP contribution >= 0.6 is 11.6 Å². The third-order valence-electron chi connectivity index (χ3n) is 8.18. The Morgan fingerprint density at radius 2 is 1.93 bits per heavy atom. The van der Waals surface area contributed by atoms with Crippen molar-refractivity contribution in [2.24, 2.45) is 0 Å². The third kappa shape index (κ3) is 5.64. The Hall–Kier alpha value is -2.88. The molecule has 3 aliphatic rings. The highest BCUT2D eigenvalue weighted by Crippen LogP contribution is 2.45. The number of aryl methyl sites for hydroxylation is 1. The molecule has 2 aromatic rings. The molecule has 1 amide bonds. The van der Waals surface area contributed by atoms with Crippen molar-refractivity contribution in [3.8, 4) is 11.1 Å². The number of ether oxygens (including phenoxy) is 2. The summed E-state index contributed by atoms with van der Waals surface area (Å²) >= 11 is 6.63. The number of halogens is 1. The van der Waals surface area contributed by atoms with E-state index in [2.05, 4.69) is 0 Å². The molecule has 3 heterocycles. The Morgan fingerprint density at radius 3 is 2.60 bits per heavy atom. The number of rotatable bonds is 7. The van der Waals surface area contributed by atoms with E-state index in [0.29, 0.717) is 59.6 Å². The third-order valence-corrected chi connectivity index (χ3v) is 9.60. The first-order chi connectivity index (χ1) is 19.0. The highest BCUT2D eigenvalue weighted by atomic mass is 35.5. The first-order valence-electron chi connectivity index (χ1n) is 13.7. The molecule has 3 aliphatic heterocycles. The Morgan fingerprint density at radius 1 is 1.18 bits per heavy atom. The summed E-state index contributed by atoms with van der Waals surface area (Å²) in [5.74, 6) is -0.687. The molecule has 1 atom stereocenters. The van der Waals surface area contributed by atoms with Gasteiger partial charge in [0.25, 0.3) is 0 Å². The fourth-order valence-electron chi connectivity index (χ4n) is 5.87. The van der Waals surface area contributed by atoms with Gasteiger partial charge in [0.05, 0.1) is 11.0 Å². The summed E-state index contributed by atoms with van der Waals surface area (Å²) in [5.41, 5.74) is 1.29. The first kappa shape index (κ1) is 28.6. The molecule has 40 heavy (non-hydrogen) atoms. The number of piperidine rings is 1. The van der Waals surface area contributed by atoms with Crippen molar-refractivity contribution in [1.29, 1.82) is 0 Å². The standard InChI is InChI=1S/C30H34ClNO7S/c1-19-16-24(20-6-3-9-22(17-20)40(2,36)37)25(31)18-23(19)27-28(34)30(39-29(27)35)11-13-32(14-12-30)26(33)10-4-7-21-8-5-15-38-21/h3,6,9,16-18,21,34H,4-5,7-8,10-15H2,1-2H3. The summed E-state index contributed by atoms with van der Waals surface area (Å²) in [6, 6.07) is 9.88. The zero-order valence-electron chi connectivity index (χ0n) is 22.7. The van der Waals surface area contributed by atoms with Gasteiger partial charge in [-0.1, -0.05) is 23.7 Å². The minimum Gasteiger partial charge on any atom is -0.507 e. The molecule has 2 saturated heterocycles.